The summed E-state index contributed by atoms with van der Waals surface area (Å²) in [6, 6.07) is 8.97. The van der Waals surface area contributed by atoms with Gasteiger partial charge in [-0.1, -0.05) is 32.0 Å². The Morgan fingerprint density at radius 3 is 2.64 bits per heavy atom. The van der Waals surface area contributed by atoms with Crippen LogP contribution in [0.4, 0.5) is 5.69 Å². The van der Waals surface area contributed by atoms with Gasteiger partial charge in [-0.05, 0) is 35.4 Å². The molecule has 25 heavy (non-hydrogen) atoms. The monoisotopic (exact) mass is 338 g/mol. The highest BCUT2D eigenvalue weighted by Crippen LogP contribution is 2.41. The Morgan fingerprint density at radius 2 is 2.00 bits per heavy atom. The van der Waals surface area contributed by atoms with Crippen molar-refractivity contribution in [2.75, 3.05) is 11.9 Å². The summed E-state index contributed by atoms with van der Waals surface area (Å²) >= 11 is 0. The predicted molar refractivity (Wildman–Crippen MR) is 98.0 cm³/mol. The SMILES string of the molecule is CNC(=O)C(CCC=O)N1C(=O)c2ccc(C(C)C)c3cccc1c23. The Kier molecular flexibility index (Phi) is 4.57. The number of likely N-dealkylation sites (N-methyl/N-ethyl adjacent to an activating group) is 1. The molecule has 0 saturated heterocycles. The van der Waals surface area contributed by atoms with E-state index >= 15 is 0 Å². The third kappa shape index (κ3) is 2.69. The Morgan fingerprint density at radius 1 is 1.24 bits per heavy atom. The predicted octanol–water partition coefficient (Wildman–Crippen LogP) is 3.02. The van der Waals surface area contributed by atoms with E-state index in [1.807, 2.05) is 30.3 Å². The lowest BCUT2D eigenvalue weighted by Gasteiger charge is -2.27. The van der Waals surface area contributed by atoms with E-state index in [2.05, 4.69) is 19.2 Å². The van der Waals surface area contributed by atoms with E-state index < -0.39 is 6.04 Å². The summed E-state index contributed by atoms with van der Waals surface area (Å²) in [6.07, 6.45) is 1.31. The van der Waals surface area contributed by atoms with Crippen molar-refractivity contribution in [3.8, 4) is 0 Å². The van der Waals surface area contributed by atoms with Crippen LogP contribution in [0.15, 0.2) is 30.3 Å². The smallest absolute Gasteiger partial charge is 0.259 e. The van der Waals surface area contributed by atoms with Gasteiger partial charge in [-0.2, -0.15) is 0 Å². The molecule has 1 atom stereocenters. The number of nitrogens with zero attached hydrogens (tertiary/aromatic N) is 1. The molecule has 0 bridgehead atoms. The minimum Gasteiger partial charge on any atom is -0.357 e. The van der Waals surface area contributed by atoms with E-state index in [1.165, 1.54) is 5.56 Å². The van der Waals surface area contributed by atoms with Crippen molar-refractivity contribution in [2.45, 2.75) is 38.6 Å². The van der Waals surface area contributed by atoms with E-state index in [0.29, 0.717) is 17.9 Å². The lowest BCUT2D eigenvalue weighted by Crippen LogP contribution is -2.47. The van der Waals surface area contributed by atoms with Gasteiger partial charge >= 0.3 is 0 Å². The van der Waals surface area contributed by atoms with Crippen LogP contribution in [0.1, 0.15) is 48.5 Å². The third-order valence-electron chi connectivity index (χ3n) is 4.80. The van der Waals surface area contributed by atoms with Gasteiger partial charge in [0.1, 0.15) is 12.3 Å². The van der Waals surface area contributed by atoms with Gasteiger partial charge in [0.25, 0.3) is 5.91 Å². The highest BCUT2D eigenvalue weighted by molar-refractivity contribution is 6.27. The number of benzene rings is 2. The minimum atomic E-state index is -0.691. The highest BCUT2D eigenvalue weighted by atomic mass is 16.2. The standard InChI is InChI=1S/C20H22N2O3/c1-12(2)13-9-10-15-18-14(13)6-4-7-16(18)22(20(15)25)17(8-5-11-23)19(24)21-3/h4,6-7,9-12,17H,5,8H2,1-3H3,(H,21,24). The fourth-order valence-electron chi connectivity index (χ4n) is 3.61. The van der Waals surface area contributed by atoms with Crippen LogP contribution in [0.3, 0.4) is 0 Å². The molecule has 0 saturated carbocycles. The molecule has 1 N–H and O–H groups in total. The minimum absolute atomic E-state index is 0.180. The molecule has 0 spiro atoms. The van der Waals surface area contributed by atoms with Crippen LogP contribution < -0.4 is 10.2 Å². The third-order valence-corrected chi connectivity index (χ3v) is 4.80. The fraction of sp³-hybridized carbons (Fsp3) is 0.350. The van der Waals surface area contributed by atoms with Crippen LogP contribution in [0, 0.1) is 0 Å². The maximum atomic E-state index is 13.0. The van der Waals surface area contributed by atoms with Gasteiger partial charge in [-0.3, -0.25) is 14.5 Å². The average molecular weight is 338 g/mol. The highest BCUT2D eigenvalue weighted by Gasteiger charge is 2.38. The molecule has 0 aliphatic carbocycles. The first-order chi connectivity index (χ1) is 12.0. The van der Waals surface area contributed by atoms with Crippen LogP contribution >= 0.6 is 0 Å². The summed E-state index contributed by atoms with van der Waals surface area (Å²) in [5, 5.41) is 4.56. The molecular weight excluding hydrogens is 316 g/mol. The number of nitrogens with one attached hydrogen (secondary N) is 1. The molecule has 5 heteroatoms. The number of carbonyl (C=O) groups is 3. The second kappa shape index (κ2) is 6.67. The van der Waals surface area contributed by atoms with Gasteiger partial charge < -0.3 is 10.1 Å². The first-order valence-electron chi connectivity index (χ1n) is 8.55. The number of rotatable bonds is 6. The maximum absolute atomic E-state index is 13.0. The van der Waals surface area contributed by atoms with Crippen LogP contribution in [-0.4, -0.2) is 31.2 Å². The van der Waals surface area contributed by atoms with Gasteiger partial charge in [0.2, 0.25) is 5.91 Å². The van der Waals surface area contributed by atoms with Crippen LogP contribution in [0.5, 0.6) is 0 Å². The normalized spacial score (nSPS) is 14.2. The van der Waals surface area contributed by atoms with Crippen molar-refractivity contribution in [1.82, 2.24) is 5.32 Å². The summed E-state index contributed by atoms with van der Waals surface area (Å²) in [6.45, 7) is 4.24. The summed E-state index contributed by atoms with van der Waals surface area (Å²) in [5.74, 6) is -0.108. The van der Waals surface area contributed by atoms with Gasteiger partial charge in [0.15, 0.2) is 0 Å². The number of hydrogen-bond donors (Lipinski definition) is 1. The number of amides is 2. The molecule has 2 amide bonds. The van der Waals surface area contributed by atoms with E-state index in [4.69, 9.17) is 0 Å². The molecule has 2 aromatic rings. The maximum Gasteiger partial charge on any atom is 0.259 e. The Hall–Kier alpha value is -2.69. The van der Waals surface area contributed by atoms with Crippen molar-refractivity contribution in [1.29, 1.82) is 0 Å². The molecule has 0 radical (unpaired) electrons. The molecule has 0 fully saturated rings. The molecule has 1 aliphatic rings. The van der Waals surface area contributed by atoms with Crippen LogP contribution in [0.25, 0.3) is 10.8 Å². The Bertz CT molecular complexity index is 857. The van der Waals surface area contributed by atoms with Gasteiger partial charge in [-0.25, -0.2) is 0 Å². The van der Waals surface area contributed by atoms with Gasteiger partial charge in [0, 0.05) is 24.4 Å². The van der Waals surface area contributed by atoms with E-state index in [9.17, 15) is 14.4 Å². The number of aldehydes is 1. The van der Waals surface area contributed by atoms with E-state index in [0.717, 1.165) is 22.7 Å². The van der Waals surface area contributed by atoms with Gasteiger partial charge in [0.05, 0.1) is 5.69 Å². The number of anilines is 1. The Balaban J connectivity index is 2.18. The second-order valence-corrected chi connectivity index (χ2v) is 6.61. The lowest BCUT2D eigenvalue weighted by molar-refractivity contribution is -0.122. The van der Waals surface area contributed by atoms with Crippen LogP contribution in [-0.2, 0) is 9.59 Å². The van der Waals surface area contributed by atoms with E-state index in [1.54, 1.807) is 11.9 Å². The lowest BCUT2D eigenvalue weighted by atomic mass is 9.93. The zero-order valence-corrected chi connectivity index (χ0v) is 14.7. The number of carbonyl (C=O) groups excluding carboxylic acids is 3. The van der Waals surface area contributed by atoms with Crippen molar-refractivity contribution >= 4 is 34.6 Å². The average Bonchev–Trinajstić information content (AvgIpc) is 2.89. The molecule has 1 aliphatic heterocycles. The summed E-state index contributed by atoms with van der Waals surface area (Å²) in [4.78, 5) is 37.8. The summed E-state index contributed by atoms with van der Waals surface area (Å²) in [5.41, 5.74) is 2.55. The molecule has 5 nitrogen and oxygen atoms in total. The van der Waals surface area contributed by atoms with Crippen molar-refractivity contribution in [2.24, 2.45) is 0 Å². The largest absolute Gasteiger partial charge is 0.357 e. The fourth-order valence-corrected chi connectivity index (χ4v) is 3.61. The molecule has 3 rings (SSSR count). The van der Waals surface area contributed by atoms with Crippen molar-refractivity contribution in [3.63, 3.8) is 0 Å². The molecule has 130 valence electrons. The first-order valence-corrected chi connectivity index (χ1v) is 8.55. The summed E-state index contributed by atoms with van der Waals surface area (Å²) < 4.78 is 0. The quantitative estimate of drug-likeness (QED) is 0.823. The second-order valence-electron chi connectivity index (χ2n) is 6.61. The number of hydrogen-bond acceptors (Lipinski definition) is 3. The first kappa shape index (κ1) is 17.1. The topological polar surface area (TPSA) is 66.5 Å². The van der Waals surface area contributed by atoms with Crippen molar-refractivity contribution in [3.05, 3.63) is 41.5 Å². The van der Waals surface area contributed by atoms with Gasteiger partial charge in [-0.15, -0.1) is 0 Å². The molecular formula is C20H22N2O3. The molecule has 2 aromatic carbocycles. The van der Waals surface area contributed by atoms with Crippen molar-refractivity contribution < 1.29 is 14.4 Å². The van der Waals surface area contributed by atoms with E-state index in [-0.39, 0.29) is 18.2 Å². The summed E-state index contributed by atoms with van der Waals surface area (Å²) in [7, 11) is 1.54. The Labute approximate surface area is 147 Å². The zero-order chi connectivity index (χ0) is 18.1. The molecule has 1 unspecified atom stereocenters. The zero-order valence-electron chi connectivity index (χ0n) is 14.7. The van der Waals surface area contributed by atoms with Crippen LogP contribution in [0.2, 0.25) is 0 Å². The molecule has 0 aromatic heterocycles. The molecule has 1 heterocycles.